The molecular formula is C19H23ClF3N3O. The van der Waals surface area contributed by atoms with Gasteiger partial charge >= 0.3 is 6.18 Å². The second-order valence-corrected chi connectivity index (χ2v) is 8.84. The average Bonchev–Trinajstić information content (AvgIpc) is 2.57. The number of halogens is 4. The Morgan fingerprint density at radius 3 is 2.26 bits per heavy atom. The van der Waals surface area contributed by atoms with Crippen LogP contribution in [0.1, 0.15) is 44.1 Å². The van der Waals surface area contributed by atoms with Gasteiger partial charge in [-0.15, -0.1) is 0 Å². The Kier molecular flexibility index (Phi) is 4.77. The van der Waals surface area contributed by atoms with Gasteiger partial charge in [-0.3, -0.25) is 4.79 Å². The van der Waals surface area contributed by atoms with E-state index in [4.69, 9.17) is 11.6 Å². The van der Waals surface area contributed by atoms with E-state index in [2.05, 4.69) is 15.6 Å². The Hall–Kier alpha value is -1.50. The highest BCUT2D eigenvalue weighted by Crippen LogP contribution is 2.60. The molecule has 27 heavy (non-hydrogen) atoms. The summed E-state index contributed by atoms with van der Waals surface area (Å²) in [7, 11) is 0. The maximum Gasteiger partial charge on any atom is 0.417 e. The van der Waals surface area contributed by atoms with E-state index < -0.39 is 11.7 Å². The largest absolute Gasteiger partial charge is 0.417 e. The molecule has 4 nitrogen and oxygen atoms in total. The van der Waals surface area contributed by atoms with Crippen LogP contribution >= 0.6 is 11.6 Å². The molecule has 0 aromatic carbocycles. The average molecular weight is 402 g/mol. The van der Waals surface area contributed by atoms with Crippen molar-refractivity contribution in [1.29, 1.82) is 0 Å². The molecule has 1 aromatic rings. The van der Waals surface area contributed by atoms with Crippen LogP contribution in [0.5, 0.6) is 0 Å². The summed E-state index contributed by atoms with van der Waals surface area (Å²) in [6, 6.07) is 0.852. The minimum absolute atomic E-state index is 0.0859. The van der Waals surface area contributed by atoms with Crippen molar-refractivity contribution >= 4 is 23.3 Å². The fourth-order valence-electron chi connectivity index (χ4n) is 5.66. The number of hydrogen-bond donors (Lipinski definition) is 2. The number of alkyl halides is 3. The number of aromatic nitrogens is 1. The Bertz CT molecular complexity index is 702. The number of nitrogens with zero attached hydrogens (tertiary/aromatic N) is 1. The van der Waals surface area contributed by atoms with Crippen LogP contribution < -0.4 is 10.6 Å². The minimum Gasteiger partial charge on any atom is -0.367 e. The molecule has 0 aliphatic heterocycles. The van der Waals surface area contributed by atoms with Gasteiger partial charge in [-0.1, -0.05) is 11.6 Å². The lowest BCUT2D eigenvalue weighted by atomic mass is 9.49. The Balaban J connectivity index is 1.29. The van der Waals surface area contributed by atoms with Crippen molar-refractivity contribution in [1.82, 2.24) is 10.3 Å². The van der Waals surface area contributed by atoms with Crippen molar-refractivity contribution < 1.29 is 18.0 Å². The Morgan fingerprint density at radius 2 is 1.74 bits per heavy atom. The summed E-state index contributed by atoms with van der Waals surface area (Å²) in [5.41, 5.74) is -1.08. The molecule has 0 unspecified atom stereocenters. The van der Waals surface area contributed by atoms with Crippen LogP contribution in [-0.2, 0) is 11.0 Å². The molecule has 2 N–H and O–H groups in total. The predicted molar refractivity (Wildman–Crippen MR) is 96.4 cm³/mol. The lowest BCUT2D eigenvalue weighted by Gasteiger charge is -2.55. The zero-order valence-electron chi connectivity index (χ0n) is 14.9. The van der Waals surface area contributed by atoms with Crippen molar-refractivity contribution in [3.63, 3.8) is 0 Å². The SMILES string of the molecule is O=C(NCCNc1ncc(C(F)(F)F)cc1Cl)C12CC3CC(CC(C3)C1)C2. The molecule has 0 saturated heterocycles. The number of hydrogen-bond acceptors (Lipinski definition) is 3. The fourth-order valence-corrected chi connectivity index (χ4v) is 5.89. The van der Waals surface area contributed by atoms with Gasteiger partial charge in [0, 0.05) is 24.7 Å². The second-order valence-electron chi connectivity index (χ2n) is 8.43. The molecule has 4 fully saturated rings. The molecule has 4 aliphatic carbocycles. The van der Waals surface area contributed by atoms with E-state index in [1.54, 1.807) is 0 Å². The number of anilines is 1. The van der Waals surface area contributed by atoms with E-state index in [9.17, 15) is 18.0 Å². The number of nitrogens with one attached hydrogen (secondary N) is 2. The molecule has 4 aliphatic rings. The molecule has 0 spiro atoms. The topological polar surface area (TPSA) is 54.0 Å². The zero-order valence-corrected chi connectivity index (χ0v) is 15.7. The lowest BCUT2D eigenvalue weighted by Crippen LogP contribution is -2.54. The molecule has 8 heteroatoms. The van der Waals surface area contributed by atoms with E-state index in [-0.39, 0.29) is 22.2 Å². The molecule has 0 atom stereocenters. The van der Waals surface area contributed by atoms with Crippen LogP contribution in [0.3, 0.4) is 0 Å². The zero-order chi connectivity index (χ0) is 19.2. The molecular weight excluding hydrogens is 379 g/mol. The molecule has 1 aromatic heterocycles. The lowest BCUT2D eigenvalue weighted by molar-refractivity contribution is -0.146. The van der Waals surface area contributed by atoms with Crippen LogP contribution in [0.4, 0.5) is 19.0 Å². The molecule has 0 radical (unpaired) electrons. The first kappa shape index (κ1) is 18.8. The first-order valence-electron chi connectivity index (χ1n) is 9.50. The number of pyridine rings is 1. The van der Waals surface area contributed by atoms with Gasteiger partial charge in [0.25, 0.3) is 0 Å². The summed E-state index contributed by atoms with van der Waals surface area (Å²) in [6.07, 6.45) is 3.15. The summed E-state index contributed by atoms with van der Waals surface area (Å²) < 4.78 is 37.9. The maximum atomic E-state index is 12.8. The van der Waals surface area contributed by atoms with Gasteiger partial charge in [0.1, 0.15) is 5.82 Å². The van der Waals surface area contributed by atoms with Crippen LogP contribution in [-0.4, -0.2) is 24.0 Å². The highest BCUT2D eigenvalue weighted by Gasteiger charge is 2.54. The molecule has 1 heterocycles. The molecule has 4 saturated carbocycles. The van der Waals surface area contributed by atoms with Gasteiger partial charge in [0.15, 0.2) is 0 Å². The predicted octanol–water partition coefficient (Wildman–Crippen LogP) is 4.50. The summed E-state index contributed by atoms with van der Waals surface area (Å²) >= 11 is 5.88. The number of rotatable bonds is 5. The molecule has 5 rings (SSSR count). The summed E-state index contributed by atoms with van der Waals surface area (Å²) in [5, 5.41) is 5.82. The number of carbonyl (C=O) groups excluding carboxylic acids is 1. The van der Waals surface area contributed by atoms with Crippen LogP contribution in [0.15, 0.2) is 12.3 Å². The third kappa shape index (κ3) is 3.75. The van der Waals surface area contributed by atoms with Crippen molar-refractivity contribution in [2.24, 2.45) is 23.2 Å². The summed E-state index contributed by atoms with van der Waals surface area (Å²) in [6.45, 7) is 0.746. The van der Waals surface area contributed by atoms with Gasteiger partial charge in [-0.05, 0) is 62.3 Å². The van der Waals surface area contributed by atoms with Gasteiger partial charge in [-0.2, -0.15) is 13.2 Å². The second kappa shape index (κ2) is 6.83. The number of amides is 1. The maximum absolute atomic E-state index is 12.8. The Labute approximate surface area is 161 Å². The smallest absolute Gasteiger partial charge is 0.367 e. The van der Waals surface area contributed by atoms with Crippen molar-refractivity contribution in [3.8, 4) is 0 Å². The quantitative estimate of drug-likeness (QED) is 0.714. The normalized spacial score (nSPS) is 31.8. The van der Waals surface area contributed by atoms with Crippen molar-refractivity contribution in [3.05, 3.63) is 22.8 Å². The molecule has 4 bridgehead atoms. The third-order valence-electron chi connectivity index (χ3n) is 6.39. The van der Waals surface area contributed by atoms with Crippen LogP contribution in [0, 0.1) is 23.2 Å². The standard InChI is InChI=1S/C19H23ClF3N3O/c20-15-6-14(19(21,22)23)10-26-16(15)24-1-2-25-17(27)18-7-11-3-12(8-18)5-13(4-11)9-18/h6,10-13H,1-5,7-9H2,(H,24,26)(H,25,27). The van der Waals surface area contributed by atoms with Gasteiger partial charge in [-0.25, -0.2) is 4.98 Å². The van der Waals surface area contributed by atoms with E-state index in [1.807, 2.05) is 0 Å². The number of carbonyl (C=O) groups is 1. The van der Waals surface area contributed by atoms with Gasteiger partial charge in [0.05, 0.1) is 10.6 Å². The first-order valence-corrected chi connectivity index (χ1v) is 9.88. The van der Waals surface area contributed by atoms with E-state index in [1.165, 1.54) is 19.3 Å². The summed E-state index contributed by atoms with van der Waals surface area (Å²) in [4.78, 5) is 16.6. The highest BCUT2D eigenvalue weighted by molar-refractivity contribution is 6.32. The first-order chi connectivity index (χ1) is 12.7. The fraction of sp³-hybridized carbons (Fsp3) is 0.684. The van der Waals surface area contributed by atoms with Gasteiger partial charge in [0.2, 0.25) is 5.91 Å². The molecule has 1 amide bonds. The minimum atomic E-state index is -4.47. The van der Waals surface area contributed by atoms with E-state index in [0.29, 0.717) is 30.8 Å². The Morgan fingerprint density at radius 1 is 1.15 bits per heavy atom. The third-order valence-corrected chi connectivity index (χ3v) is 6.68. The van der Waals surface area contributed by atoms with E-state index in [0.717, 1.165) is 31.5 Å². The van der Waals surface area contributed by atoms with Crippen molar-refractivity contribution in [2.75, 3.05) is 18.4 Å². The van der Waals surface area contributed by atoms with Crippen LogP contribution in [0.2, 0.25) is 5.02 Å². The van der Waals surface area contributed by atoms with Gasteiger partial charge < -0.3 is 10.6 Å². The summed E-state index contributed by atoms with van der Waals surface area (Å²) in [5.74, 6) is 2.43. The van der Waals surface area contributed by atoms with Crippen LogP contribution in [0.25, 0.3) is 0 Å². The monoisotopic (exact) mass is 401 g/mol. The molecule has 148 valence electrons. The van der Waals surface area contributed by atoms with E-state index >= 15 is 0 Å². The highest BCUT2D eigenvalue weighted by atomic mass is 35.5. The van der Waals surface area contributed by atoms with Crippen molar-refractivity contribution in [2.45, 2.75) is 44.7 Å².